The fraction of sp³-hybridized carbons (Fsp3) is 1.00. The molecule has 0 aliphatic carbocycles. The quantitative estimate of drug-likeness (QED) is 0.804. The number of hydrogen-bond donors (Lipinski definition) is 1. The molecule has 2 heterocycles. The van der Waals surface area contributed by atoms with Crippen LogP contribution in [0.2, 0.25) is 0 Å². The molecule has 1 N–H and O–H groups in total. The van der Waals surface area contributed by atoms with Gasteiger partial charge in [-0.2, -0.15) is 0 Å². The van der Waals surface area contributed by atoms with Crippen molar-refractivity contribution in [1.82, 2.24) is 5.32 Å². The molecule has 0 aromatic carbocycles. The number of ether oxygens (including phenoxy) is 2. The first-order valence-electron chi connectivity index (χ1n) is 8.14. The van der Waals surface area contributed by atoms with E-state index in [2.05, 4.69) is 26.1 Å². The third-order valence-electron chi connectivity index (χ3n) is 4.99. The van der Waals surface area contributed by atoms with Gasteiger partial charge >= 0.3 is 0 Å². The Morgan fingerprint density at radius 3 is 2.79 bits per heavy atom. The van der Waals surface area contributed by atoms with Crippen molar-refractivity contribution in [3.8, 4) is 0 Å². The van der Waals surface area contributed by atoms with Crippen LogP contribution in [0.3, 0.4) is 0 Å². The van der Waals surface area contributed by atoms with Gasteiger partial charge in [-0.05, 0) is 37.6 Å². The standard InChI is InChI=1S/C16H31NO2/c1-4-13(3)10-15(17-5-2)14-6-8-19-16(11-14)7-9-18-12-16/h13-15,17H,4-12H2,1-3H3. The summed E-state index contributed by atoms with van der Waals surface area (Å²) < 4.78 is 11.6. The van der Waals surface area contributed by atoms with Crippen LogP contribution < -0.4 is 5.32 Å². The van der Waals surface area contributed by atoms with Gasteiger partial charge in [-0.25, -0.2) is 0 Å². The number of nitrogens with one attached hydrogen (secondary N) is 1. The first-order valence-corrected chi connectivity index (χ1v) is 8.14. The van der Waals surface area contributed by atoms with Crippen LogP contribution in [0.15, 0.2) is 0 Å². The molecule has 2 aliphatic rings. The fourth-order valence-corrected chi connectivity index (χ4v) is 3.58. The summed E-state index contributed by atoms with van der Waals surface area (Å²) in [6, 6.07) is 0.654. The summed E-state index contributed by atoms with van der Waals surface area (Å²) in [4.78, 5) is 0. The summed E-state index contributed by atoms with van der Waals surface area (Å²) in [6.07, 6.45) is 6.05. The summed E-state index contributed by atoms with van der Waals surface area (Å²) in [5.41, 5.74) is 0.0477. The summed E-state index contributed by atoms with van der Waals surface area (Å²) in [7, 11) is 0. The molecule has 0 radical (unpaired) electrons. The Bertz CT molecular complexity index is 263. The van der Waals surface area contributed by atoms with Gasteiger partial charge in [-0.3, -0.25) is 0 Å². The Labute approximate surface area is 118 Å². The van der Waals surface area contributed by atoms with E-state index in [0.717, 1.165) is 44.6 Å². The highest BCUT2D eigenvalue weighted by Crippen LogP contribution is 2.38. The van der Waals surface area contributed by atoms with E-state index in [1.54, 1.807) is 0 Å². The molecule has 1 spiro atoms. The maximum Gasteiger partial charge on any atom is 0.0939 e. The van der Waals surface area contributed by atoms with Crippen LogP contribution in [0.5, 0.6) is 0 Å². The zero-order valence-electron chi connectivity index (χ0n) is 12.9. The van der Waals surface area contributed by atoms with Gasteiger partial charge in [0, 0.05) is 25.7 Å². The third-order valence-corrected chi connectivity index (χ3v) is 4.99. The van der Waals surface area contributed by atoms with Crippen molar-refractivity contribution in [3.63, 3.8) is 0 Å². The van der Waals surface area contributed by atoms with Crippen molar-refractivity contribution in [2.24, 2.45) is 11.8 Å². The van der Waals surface area contributed by atoms with Gasteiger partial charge in [0.25, 0.3) is 0 Å². The highest BCUT2D eigenvalue weighted by Gasteiger charge is 2.42. The Balaban J connectivity index is 1.95. The minimum atomic E-state index is 0.0477. The molecule has 3 nitrogen and oxygen atoms in total. The lowest BCUT2D eigenvalue weighted by molar-refractivity contribution is -0.104. The Hall–Kier alpha value is -0.120. The minimum absolute atomic E-state index is 0.0477. The monoisotopic (exact) mass is 269 g/mol. The zero-order chi connectivity index (χ0) is 13.7. The van der Waals surface area contributed by atoms with Crippen molar-refractivity contribution >= 4 is 0 Å². The van der Waals surface area contributed by atoms with Crippen molar-refractivity contribution in [2.45, 2.75) is 64.5 Å². The topological polar surface area (TPSA) is 30.5 Å². The summed E-state index contributed by atoms with van der Waals surface area (Å²) in [6.45, 7) is 10.6. The van der Waals surface area contributed by atoms with Crippen molar-refractivity contribution < 1.29 is 9.47 Å². The van der Waals surface area contributed by atoms with E-state index >= 15 is 0 Å². The smallest absolute Gasteiger partial charge is 0.0939 e. The Morgan fingerprint density at radius 1 is 1.32 bits per heavy atom. The third kappa shape index (κ3) is 3.93. The zero-order valence-corrected chi connectivity index (χ0v) is 12.9. The molecule has 0 aromatic rings. The molecule has 0 amide bonds. The first-order chi connectivity index (χ1) is 9.19. The lowest BCUT2D eigenvalue weighted by Crippen LogP contribution is -2.47. The number of hydrogen-bond acceptors (Lipinski definition) is 3. The maximum absolute atomic E-state index is 6.06. The molecule has 0 saturated carbocycles. The lowest BCUT2D eigenvalue weighted by atomic mass is 9.78. The van der Waals surface area contributed by atoms with Crippen LogP contribution >= 0.6 is 0 Å². The summed E-state index contributed by atoms with van der Waals surface area (Å²) >= 11 is 0. The second-order valence-electron chi connectivity index (χ2n) is 6.50. The van der Waals surface area contributed by atoms with Crippen LogP contribution in [-0.4, -0.2) is 38.0 Å². The van der Waals surface area contributed by atoms with Gasteiger partial charge in [0.15, 0.2) is 0 Å². The lowest BCUT2D eigenvalue weighted by Gasteiger charge is -2.41. The van der Waals surface area contributed by atoms with Crippen LogP contribution in [0, 0.1) is 11.8 Å². The molecular weight excluding hydrogens is 238 g/mol. The molecular formula is C16H31NO2. The first kappa shape index (κ1) is 15.3. The van der Waals surface area contributed by atoms with Gasteiger partial charge in [0.2, 0.25) is 0 Å². The summed E-state index contributed by atoms with van der Waals surface area (Å²) in [5, 5.41) is 3.73. The predicted molar refractivity (Wildman–Crippen MR) is 78.4 cm³/mol. The van der Waals surface area contributed by atoms with E-state index in [9.17, 15) is 0 Å². The maximum atomic E-state index is 6.06. The molecule has 2 saturated heterocycles. The van der Waals surface area contributed by atoms with Gasteiger partial charge in [-0.15, -0.1) is 0 Å². The molecule has 2 aliphatic heterocycles. The molecule has 2 rings (SSSR count). The van der Waals surface area contributed by atoms with Crippen LogP contribution in [0.4, 0.5) is 0 Å². The number of rotatable bonds is 6. The minimum Gasteiger partial charge on any atom is -0.378 e. The second-order valence-corrected chi connectivity index (χ2v) is 6.50. The van der Waals surface area contributed by atoms with Crippen molar-refractivity contribution in [2.75, 3.05) is 26.4 Å². The Morgan fingerprint density at radius 2 is 2.16 bits per heavy atom. The highest BCUT2D eigenvalue weighted by atomic mass is 16.6. The van der Waals surface area contributed by atoms with E-state index in [1.807, 2.05) is 0 Å². The predicted octanol–water partition coefficient (Wildman–Crippen LogP) is 2.99. The van der Waals surface area contributed by atoms with Gasteiger partial charge < -0.3 is 14.8 Å². The molecule has 3 heteroatoms. The van der Waals surface area contributed by atoms with Crippen LogP contribution in [0.25, 0.3) is 0 Å². The molecule has 2 fully saturated rings. The van der Waals surface area contributed by atoms with Crippen molar-refractivity contribution in [1.29, 1.82) is 0 Å². The van der Waals surface area contributed by atoms with E-state index < -0.39 is 0 Å². The molecule has 0 bridgehead atoms. The van der Waals surface area contributed by atoms with E-state index in [4.69, 9.17) is 9.47 Å². The van der Waals surface area contributed by atoms with Gasteiger partial charge in [0.05, 0.1) is 12.2 Å². The largest absolute Gasteiger partial charge is 0.378 e. The SMILES string of the molecule is CCNC(CC(C)CC)C1CCOC2(CCOC2)C1. The normalized spacial score (nSPS) is 34.6. The van der Waals surface area contributed by atoms with Crippen LogP contribution in [0.1, 0.15) is 52.9 Å². The average molecular weight is 269 g/mol. The fourth-order valence-electron chi connectivity index (χ4n) is 3.58. The second kappa shape index (κ2) is 7.05. The average Bonchev–Trinajstić information content (AvgIpc) is 2.86. The van der Waals surface area contributed by atoms with Crippen molar-refractivity contribution in [3.05, 3.63) is 0 Å². The molecule has 0 aromatic heterocycles. The van der Waals surface area contributed by atoms with E-state index in [0.29, 0.717) is 6.04 Å². The Kier molecular flexibility index (Phi) is 5.67. The molecule has 4 atom stereocenters. The molecule has 112 valence electrons. The van der Waals surface area contributed by atoms with E-state index in [1.165, 1.54) is 25.7 Å². The molecule has 19 heavy (non-hydrogen) atoms. The summed E-state index contributed by atoms with van der Waals surface area (Å²) in [5.74, 6) is 1.56. The van der Waals surface area contributed by atoms with Gasteiger partial charge in [-0.1, -0.05) is 27.2 Å². The molecule has 4 unspecified atom stereocenters. The van der Waals surface area contributed by atoms with Gasteiger partial charge in [0.1, 0.15) is 0 Å². The highest BCUT2D eigenvalue weighted by molar-refractivity contribution is 4.94. The van der Waals surface area contributed by atoms with Crippen LogP contribution in [-0.2, 0) is 9.47 Å². The van der Waals surface area contributed by atoms with E-state index in [-0.39, 0.29) is 5.60 Å².